The predicted molar refractivity (Wildman–Crippen MR) is 74.5 cm³/mol. The third kappa shape index (κ3) is 2.70. The molecule has 0 amide bonds. The molecule has 0 spiro atoms. The van der Waals surface area contributed by atoms with E-state index in [1.165, 1.54) is 11.3 Å². The van der Waals surface area contributed by atoms with Crippen molar-refractivity contribution in [3.05, 3.63) is 28.8 Å². The first-order valence-corrected chi connectivity index (χ1v) is 7.31. The Bertz CT molecular complexity index is 630. The van der Waals surface area contributed by atoms with Crippen LogP contribution in [0, 0.1) is 11.3 Å². The van der Waals surface area contributed by atoms with Gasteiger partial charge in [0.15, 0.2) is 5.01 Å². The van der Waals surface area contributed by atoms with Crippen molar-refractivity contribution in [3.63, 3.8) is 0 Å². The lowest BCUT2D eigenvalue weighted by molar-refractivity contribution is -0.112. The normalized spacial score (nSPS) is 12.3. The fourth-order valence-electron chi connectivity index (χ4n) is 1.63. The topological polar surface area (TPSA) is 79.8 Å². The summed E-state index contributed by atoms with van der Waals surface area (Å²) in [5.74, 6) is 0. The number of fused-ring (bicyclic) bond motifs is 1. The highest BCUT2D eigenvalue weighted by atomic mass is 32.2. The molecule has 92 valence electrons. The molecule has 1 atom stereocenters. The Kier molecular flexibility index (Phi) is 3.97. The number of benzene rings is 1. The summed E-state index contributed by atoms with van der Waals surface area (Å²) in [5, 5.41) is 9.22. The standard InChI is InChI=1S/C12H11N3OS2/c1-17-12(16)8(14)4-7-2-3-9-10(5-7)18-11(6-13)15-9/h2-3,5,8H,4,14H2,1H3/t8-/m0/s1. The number of nitrogens with zero attached hydrogens (tertiary/aromatic N) is 2. The zero-order chi connectivity index (χ0) is 13.1. The van der Waals surface area contributed by atoms with Gasteiger partial charge < -0.3 is 5.73 Å². The van der Waals surface area contributed by atoms with Crippen LogP contribution in [0.5, 0.6) is 0 Å². The van der Waals surface area contributed by atoms with E-state index in [0.29, 0.717) is 11.4 Å². The molecular weight excluding hydrogens is 266 g/mol. The molecule has 0 aliphatic rings. The fraction of sp³-hybridized carbons (Fsp3) is 0.250. The molecule has 0 radical (unpaired) electrons. The van der Waals surface area contributed by atoms with Crippen LogP contribution in [0.15, 0.2) is 18.2 Å². The van der Waals surface area contributed by atoms with Crippen LogP contribution in [0.4, 0.5) is 0 Å². The van der Waals surface area contributed by atoms with Crippen LogP contribution >= 0.6 is 23.1 Å². The van der Waals surface area contributed by atoms with Gasteiger partial charge >= 0.3 is 0 Å². The summed E-state index contributed by atoms with van der Waals surface area (Å²) >= 11 is 2.50. The van der Waals surface area contributed by atoms with E-state index in [1.807, 2.05) is 24.3 Å². The molecule has 1 heterocycles. The number of carbonyl (C=O) groups excluding carboxylic acids is 1. The molecule has 0 bridgehead atoms. The zero-order valence-corrected chi connectivity index (χ0v) is 11.3. The van der Waals surface area contributed by atoms with Gasteiger partial charge in [-0.25, -0.2) is 4.98 Å². The van der Waals surface area contributed by atoms with Gasteiger partial charge in [-0.2, -0.15) is 5.26 Å². The first kappa shape index (κ1) is 13.0. The van der Waals surface area contributed by atoms with Crippen molar-refractivity contribution in [2.24, 2.45) is 5.73 Å². The number of rotatable bonds is 3. The Morgan fingerprint density at radius 1 is 1.67 bits per heavy atom. The zero-order valence-electron chi connectivity index (χ0n) is 9.71. The van der Waals surface area contributed by atoms with Gasteiger partial charge in [0.1, 0.15) is 6.07 Å². The smallest absolute Gasteiger partial charge is 0.205 e. The number of thiazole rings is 1. The van der Waals surface area contributed by atoms with Crippen molar-refractivity contribution in [3.8, 4) is 6.07 Å². The Morgan fingerprint density at radius 3 is 3.11 bits per heavy atom. The number of nitrogens with two attached hydrogens (primary N) is 1. The van der Waals surface area contributed by atoms with Gasteiger partial charge in [0.25, 0.3) is 0 Å². The van der Waals surface area contributed by atoms with Crippen LogP contribution in [0.2, 0.25) is 0 Å². The molecule has 2 aromatic rings. The van der Waals surface area contributed by atoms with Crippen LogP contribution in [0.1, 0.15) is 10.6 Å². The summed E-state index contributed by atoms with van der Waals surface area (Å²) in [6, 6.07) is 7.25. The minimum atomic E-state index is -0.485. The van der Waals surface area contributed by atoms with Crippen molar-refractivity contribution in [1.29, 1.82) is 5.26 Å². The molecule has 0 aliphatic heterocycles. The fourth-order valence-corrected chi connectivity index (χ4v) is 2.85. The average molecular weight is 277 g/mol. The third-order valence-electron chi connectivity index (χ3n) is 2.51. The van der Waals surface area contributed by atoms with E-state index in [4.69, 9.17) is 11.0 Å². The van der Waals surface area contributed by atoms with Crippen LogP contribution in [-0.2, 0) is 11.2 Å². The molecule has 0 saturated carbocycles. The first-order chi connectivity index (χ1) is 8.63. The highest BCUT2D eigenvalue weighted by Crippen LogP contribution is 2.23. The molecule has 2 rings (SSSR count). The van der Waals surface area contributed by atoms with Gasteiger partial charge in [-0.15, -0.1) is 11.3 Å². The summed E-state index contributed by atoms with van der Waals surface area (Å²) in [5.41, 5.74) is 7.60. The van der Waals surface area contributed by atoms with E-state index in [9.17, 15) is 4.79 Å². The van der Waals surface area contributed by atoms with Gasteiger partial charge in [0, 0.05) is 0 Å². The van der Waals surface area contributed by atoms with Crippen molar-refractivity contribution < 1.29 is 4.79 Å². The molecule has 0 unspecified atom stereocenters. The molecule has 18 heavy (non-hydrogen) atoms. The van der Waals surface area contributed by atoms with Gasteiger partial charge in [0.05, 0.1) is 16.3 Å². The highest BCUT2D eigenvalue weighted by Gasteiger charge is 2.13. The number of nitriles is 1. The molecular formula is C12H11N3OS2. The monoisotopic (exact) mass is 277 g/mol. The summed E-state index contributed by atoms with van der Waals surface area (Å²) in [6.45, 7) is 0. The molecule has 0 aliphatic carbocycles. The first-order valence-electron chi connectivity index (χ1n) is 5.27. The maximum atomic E-state index is 11.4. The molecule has 0 saturated heterocycles. The predicted octanol–water partition coefficient (Wildman–Crippen LogP) is 1.93. The number of carbonyl (C=O) groups is 1. The minimum absolute atomic E-state index is 0.0166. The second-order valence-corrected chi connectivity index (χ2v) is 5.61. The van der Waals surface area contributed by atoms with Gasteiger partial charge in [0.2, 0.25) is 5.12 Å². The Balaban J connectivity index is 2.25. The largest absolute Gasteiger partial charge is 0.320 e. The SMILES string of the molecule is CSC(=O)[C@@H](N)Cc1ccc2nc(C#N)sc2c1. The maximum Gasteiger partial charge on any atom is 0.205 e. The summed E-state index contributed by atoms with van der Waals surface area (Å²) in [6.07, 6.45) is 2.24. The van der Waals surface area contributed by atoms with E-state index in [-0.39, 0.29) is 5.12 Å². The Hall–Kier alpha value is -1.42. The van der Waals surface area contributed by atoms with Crippen LogP contribution in [-0.4, -0.2) is 22.4 Å². The van der Waals surface area contributed by atoms with Crippen molar-refractivity contribution in [2.75, 3.05) is 6.26 Å². The summed E-state index contributed by atoms with van der Waals surface area (Å²) in [7, 11) is 0. The quantitative estimate of drug-likeness (QED) is 0.927. The molecule has 2 N–H and O–H groups in total. The molecule has 1 aromatic heterocycles. The van der Waals surface area contributed by atoms with Crippen LogP contribution in [0.25, 0.3) is 10.2 Å². The van der Waals surface area contributed by atoms with Gasteiger partial charge in [-0.1, -0.05) is 17.8 Å². The maximum absolute atomic E-state index is 11.4. The van der Waals surface area contributed by atoms with E-state index in [0.717, 1.165) is 27.5 Å². The van der Waals surface area contributed by atoms with Gasteiger partial charge in [-0.3, -0.25) is 4.79 Å². The summed E-state index contributed by atoms with van der Waals surface area (Å²) < 4.78 is 0.952. The lowest BCUT2D eigenvalue weighted by Crippen LogP contribution is -2.30. The molecule has 4 nitrogen and oxygen atoms in total. The van der Waals surface area contributed by atoms with E-state index in [1.54, 1.807) is 6.26 Å². The van der Waals surface area contributed by atoms with Crippen LogP contribution < -0.4 is 5.73 Å². The van der Waals surface area contributed by atoms with Gasteiger partial charge in [-0.05, 0) is 30.4 Å². The lowest BCUT2D eigenvalue weighted by atomic mass is 10.1. The summed E-state index contributed by atoms with van der Waals surface area (Å²) in [4.78, 5) is 15.6. The second-order valence-electron chi connectivity index (χ2n) is 3.77. The lowest BCUT2D eigenvalue weighted by Gasteiger charge is -2.08. The molecule has 0 fully saturated rings. The highest BCUT2D eigenvalue weighted by molar-refractivity contribution is 8.13. The van der Waals surface area contributed by atoms with E-state index >= 15 is 0 Å². The Morgan fingerprint density at radius 2 is 2.44 bits per heavy atom. The number of thioether (sulfide) groups is 1. The average Bonchev–Trinajstić information content (AvgIpc) is 2.79. The minimum Gasteiger partial charge on any atom is -0.320 e. The van der Waals surface area contributed by atoms with Crippen molar-refractivity contribution in [2.45, 2.75) is 12.5 Å². The third-order valence-corrected chi connectivity index (χ3v) is 4.14. The second kappa shape index (κ2) is 5.48. The number of hydrogen-bond donors (Lipinski definition) is 1. The Labute approximate surface area is 113 Å². The van der Waals surface area contributed by atoms with E-state index < -0.39 is 6.04 Å². The number of hydrogen-bond acceptors (Lipinski definition) is 6. The number of aromatic nitrogens is 1. The van der Waals surface area contributed by atoms with Crippen LogP contribution in [0.3, 0.4) is 0 Å². The van der Waals surface area contributed by atoms with E-state index in [2.05, 4.69) is 4.98 Å². The molecule has 1 aromatic carbocycles. The molecule has 6 heteroatoms. The van der Waals surface area contributed by atoms with Crippen molar-refractivity contribution in [1.82, 2.24) is 4.98 Å². The van der Waals surface area contributed by atoms with Crippen molar-refractivity contribution >= 4 is 38.4 Å².